The quantitative estimate of drug-likeness (QED) is 0.101. The molecule has 6 N–H and O–H groups in total. The van der Waals surface area contributed by atoms with Crippen LogP contribution < -0.4 is 10.2 Å². The maximum Gasteiger partial charge on any atom is 0.490 e. The predicted octanol–water partition coefficient (Wildman–Crippen LogP) is 6.84. The highest BCUT2D eigenvalue weighted by molar-refractivity contribution is 5.97. The third-order valence-corrected chi connectivity index (χ3v) is 6.00. The molecule has 0 fully saturated rings. The number of hydrogen-bond acceptors (Lipinski definition) is 9. The molecule has 5 rings (SSSR count). The fraction of sp³-hybridized carbons (Fsp3) is 0.241. The number of H-pyrrole nitrogens is 1. The zero-order valence-electron chi connectivity index (χ0n) is 26.8. The molecule has 0 aliphatic carbocycles. The van der Waals surface area contributed by atoms with Crippen LogP contribution in [0.1, 0.15) is 20.8 Å². The Kier molecular flexibility index (Phi) is 13.1. The molecule has 0 aromatic carbocycles. The molecule has 0 bridgehead atoms. The van der Waals surface area contributed by atoms with Crippen LogP contribution in [0, 0.1) is 0 Å². The molecule has 0 spiro atoms. The van der Waals surface area contributed by atoms with Crippen molar-refractivity contribution in [3.05, 3.63) is 55.2 Å². The number of halogens is 9. The highest BCUT2D eigenvalue weighted by Crippen LogP contribution is 2.44. The molecule has 0 radical (unpaired) electrons. The van der Waals surface area contributed by atoms with Gasteiger partial charge in [0.25, 0.3) is 0 Å². The van der Waals surface area contributed by atoms with Crippen LogP contribution in [0.4, 0.5) is 61.5 Å². The van der Waals surface area contributed by atoms with Gasteiger partial charge in [0.1, 0.15) is 17.3 Å². The standard InChI is InChI=1S/C23H21N7O2.3C2HF3O2/c1-23(2,3)30(22(31)32)17-12-25-10-7-14(17)21-28-18-13-6-9-24-11-16(13)27-20-15(19(18)29-21)5-4-8-26-20;3*3-2(4,5)1(6)7/h4-12H,1-3H3,(H,26,27)(H,28,29)(H,31,32);3*(H,6,7). The van der Waals surface area contributed by atoms with E-state index in [1.54, 1.807) is 37.1 Å². The van der Waals surface area contributed by atoms with Crippen molar-refractivity contribution >= 4 is 41.2 Å². The normalized spacial score (nSPS) is 11.8. The van der Waals surface area contributed by atoms with Crippen LogP contribution in [0.25, 0.3) is 33.9 Å². The minimum atomic E-state index is -5.08. The average Bonchev–Trinajstić information content (AvgIpc) is 3.40. The monoisotopic (exact) mass is 769 g/mol. The van der Waals surface area contributed by atoms with Crippen molar-refractivity contribution in [2.45, 2.75) is 44.8 Å². The Labute approximate surface area is 289 Å². The molecule has 4 aromatic heterocycles. The molecule has 1 aliphatic heterocycles. The second-order valence-electron chi connectivity index (χ2n) is 10.8. The molecule has 0 saturated carbocycles. The number of pyridine rings is 3. The lowest BCUT2D eigenvalue weighted by atomic mass is 10.0. The van der Waals surface area contributed by atoms with E-state index in [1.807, 2.05) is 39.0 Å². The summed E-state index contributed by atoms with van der Waals surface area (Å²) in [5.74, 6) is -7.05. The summed E-state index contributed by atoms with van der Waals surface area (Å²) in [5.41, 5.74) is 4.48. The number of nitrogens with one attached hydrogen (secondary N) is 2. The first kappa shape index (κ1) is 42.7. The summed E-state index contributed by atoms with van der Waals surface area (Å²) < 4.78 is 95.2. The fourth-order valence-corrected chi connectivity index (χ4v) is 3.94. The largest absolute Gasteiger partial charge is 0.490 e. The third-order valence-electron chi connectivity index (χ3n) is 6.00. The Bertz CT molecular complexity index is 1840. The van der Waals surface area contributed by atoms with Gasteiger partial charge in [-0.3, -0.25) is 14.9 Å². The van der Waals surface area contributed by atoms with E-state index < -0.39 is 48.1 Å². The molecule has 15 nitrogen and oxygen atoms in total. The number of fused-ring (bicyclic) bond motifs is 5. The van der Waals surface area contributed by atoms with Crippen molar-refractivity contribution in [2.24, 2.45) is 0 Å². The van der Waals surface area contributed by atoms with Crippen LogP contribution in [0.2, 0.25) is 0 Å². The summed E-state index contributed by atoms with van der Waals surface area (Å²) in [6, 6.07) is 7.48. The Balaban J connectivity index is 0.000000379. The third kappa shape index (κ3) is 11.5. The Morgan fingerprint density at radius 2 is 1.15 bits per heavy atom. The summed E-state index contributed by atoms with van der Waals surface area (Å²) in [7, 11) is 0. The van der Waals surface area contributed by atoms with E-state index in [9.17, 15) is 49.4 Å². The number of carboxylic acids is 3. The zero-order chi connectivity index (χ0) is 40.7. The van der Waals surface area contributed by atoms with Crippen LogP contribution in [-0.4, -0.2) is 93.4 Å². The highest BCUT2D eigenvalue weighted by Gasteiger charge is 2.39. The molecule has 286 valence electrons. The van der Waals surface area contributed by atoms with Gasteiger partial charge >= 0.3 is 42.5 Å². The number of aromatic amines is 1. The number of imidazole rings is 1. The maximum atomic E-state index is 12.1. The number of carboxylic acid groups (broad SMARTS) is 4. The number of hydrogen-bond donors (Lipinski definition) is 6. The van der Waals surface area contributed by atoms with E-state index in [0.29, 0.717) is 22.9 Å². The van der Waals surface area contributed by atoms with Crippen molar-refractivity contribution in [3.63, 3.8) is 0 Å². The summed E-state index contributed by atoms with van der Waals surface area (Å²) in [6.07, 6.45) is -7.95. The lowest BCUT2D eigenvalue weighted by molar-refractivity contribution is -0.193. The summed E-state index contributed by atoms with van der Waals surface area (Å²) in [4.78, 5) is 61.3. The SMILES string of the molecule is CC(C)(C)N(C(=O)O)c1cnccc1-c1nc2c([nH]1)-c1ccncc1Nc1ncccc1-2.O=C(O)C(F)(F)F.O=C(O)C(F)(F)F.O=C(O)C(F)(F)F. The van der Waals surface area contributed by atoms with Crippen molar-refractivity contribution in [3.8, 4) is 33.9 Å². The zero-order valence-corrected chi connectivity index (χ0v) is 26.8. The van der Waals surface area contributed by atoms with Gasteiger partial charge in [0, 0.05) is 40.8 Å². The van der Waals surface area contributed by atoms with Crippen LogP contribution in [0.15, 0.2) is 55.2 Å². The minimum Gasteiger partial charge on any atom is -0.475 e. The second-order valence-corrected chi connectivity index (χ2v) is 10.8. The van der Waals surface area contributed by atoms with Crippen LogP contribution >= 0.6 is 0 Å². The van der Waals surface area contributed by atoms with Gasteiger partial charge < -0.3 is 30.7 Å². The Hall–Kier alpha value is -6.49. The number of aromatic nitrogens is 5. The molecule has 53 heavy (non-hydrogen) atoms. The van der Waals surface area contributed by atoms with E-state index in [-0.39, 0.29) is 0 Å². The summed E-state index contributed by atoms with van der Waals surface area (Å²) in [6.45, 7) is 5.52. The smallest absolute Gasteiger partial charge is 0.475 e. The molecular formula is C29H24F9N7O8. The lowest BCUT2D eigenvalue weighted by Crippen LogP contribution is -2.45. The molecule has 1 amide bonds. The first-order valence-corrected chi connectivity index (χ1v) is 13.8. The molecule has 0 unspecified atom stereocenters. The van der Waals surface area contributed by atoms with Gasteiger partial charge in [-0.2, -0.15) is 39.5 Å². The van der Waals surface area contributed by atoms with E-state index in [4.69, 9.17) is 34.7 Å². The average molecular weight is 770 g/mol. The van der Waals surface area contributed by atoms with Gasteiger partial charge in [0.15, 0.2) is 0 Å². The summed E-state index contributed by atoms with van der Waals surface area (Å²) in [5, 5.41) is 34.6. The summed E-state index contributed by atoms with van der Waals surface area (Å²) >= 11 is 0. The van der Waals surface area contributed by atoms with Crippen LogP contribution in [-0.2, 0) is 14.4 Å². The maximum absolute atomic E-state index is 12.1. The number of amides is 1. The number of alkyl halides is 9. The number of aliphatic carboxylic acids is 3. The van der Waals surface area contributed by atoms with Crippen LogP contribution in [0.5, 0.6) is 0 Å². The molecular weight excluding hydrogens is 745 g/mol. The molecule has 5 heterocycles. The van der Waals surface area contributed by atoms with E-state index in [1.165, 1.54) is 4.90 Å². The van der Waals surface area contributed by atoms with Crippen molar-refractivity contribution < 1.29 is 79.1 Å². The first-order chi connectivity index (χ1) is 24.2. The van der Waals surface area contributed by atoms with E-state index in [2.05, 4.69) is 25.3 Å². The Morgan fingerprint density at radius 3 is 1.60 bits per heavy atom. The van der Waals surface area contributed by atoms with Gasteiger partial charge in [-0.25, -0.2) is 29.1 Å². The van der Waals surface area contributed by atoms with Gasteiger partial charge in [0.05, 0.1) is 29.5 Å². The predicted molar refractivity (Wildman–Crippen MR) is 163 cm³/mol. The fourth-order valence-electron chi connectivity index (χ4n) is 3.94. The van der Waals surface area contributed by atoms with Gasteiger partial charge in [-0.1, -0.05) is 0 Å². The van der Waals surface area contributed by atoms with E-state index in [0.717, 1.165) is 28.2 Å². The minimum absolute atomic E-state index is 0.455. The molecule has 4 aromatic rings. The molecule has 24 heteroatoms. The van der Waals surface area contributed by atoms with Gasteiger partial charge in [-0.05, 0) is 45.0 Å². The van der Waals surface area contributed by atoms with Crippen molar-refractivity contribution in [1.82, 2.24) is 24.9 Å². The Morgan fingerprint density at radius 1 is 0.679 bits per heavy atom. The van der Waals surface area contributed by atoms with Crippen molar-refractivity contribution in [2.75, 3.05) is 10.2 Å². The van der Waals surface area contributed by atoms with Crippen LogP contribution in [0.3, 0.4) is 0 Å². The van der Waals surface area contributed by atoms with Gasteiger partial charge in [0.2, 0.25) is 0 Å². The molecule has 0 saturated heterocycles. The molecule has 0 atom stereocenters. The number of nitrogens with zero attached hydrogens (tertiary/aromatic N) is 5. The lowest BCUT2D eigenvalue weighted by Gasteiger charge is -2.33. The number of carbonyl (C=O) groups is 4. The van der Waals surface area contributed by atoms with Crippen molar-refractivity contribution in [1.29, 1.82) is 0 Å². The van der Waals surface area contributed by atoms with E-state index >= 15 is 0 Å². The topological polar surface area (TPSA) is 232 Å². The first-order valence-electron chi connectivity index (χ1n) is 13.8. The second kappa shape index (κ2) is 16.2. The highest BCUT2D eigenvalue weighted by atomic mass is 19.4. The number of rotatable bonds is 2. The molecule has 1 aliphatic rings. The van der Waals surface area contributed by atoms with Gasteiger partial charge in [-0.15, -0.1) is 0 Å². The number of anilines is 3.